The molecule has 0 radical (unpaired) electrons. The highest BCUT2D eigenvalue weighted by Gasteiger charge is 2.13. The largest absolute Gasteiger partial charge is 0.508 e. The number of phenolic OH excluding ortho intramolecular Hbond substituents is 2. The predicted molar refractivity (Wildman–Crippen MR) is 69.9 cm³/mol. The summed E-state index contributed by atoms with van der Waals surface area (Å²) in [5, 5.41) is 19.5. The Balaban J connectivity index is 2.53. The van der Waals surface area contributed by atoms with Crippen molar-refractivity contribution in [3.63, 3.8) is 0 Å². The van der Waals surface area contributed by atoms with Crippen LogP contribution in [-0.4, -0.2) is 17.3 Å². The molecule has 1 heterocycles. The molecule has 0 spiro atoms. The Labute approximate surface area is 107 Å². The Hall–Kier alpha value is -2.69. The van der Waals surface area contributed by atoms with Crippen molar-refractivity contribution < 1.29 is 19.4 Å². The number of rotatable bonds is 1. The second kappa shape index (κ2) is 3.91. The molecule has 2 aromatic carbocycles. The topological polar surface area (TPSA) is 79.9 Å². The molecular weight excluding hydrogens is 248 g/mol. The van der Waals surface area contributed by atoms with Crippen molar-refractivity contribution in [1.29, 1.82) is 0 Å². The summed E-state index contributed by atoms with van der Waals surface area (Å²) in [6, 6.07) is 7.22. The normalized spacial score (nSPS) is 11.0. The molecule has 0 atom stereocenters. The summed E-state index contributed by atoms with van der Waals surface area (Å²) in [5.74, 6) is 0.0481. The molecule has 0 bridgehead atoms. The molecule has 1 aromatic heterocycles. The zero-order chi connectivity index (χ0) is 13.6. The molecule has 0 saturated carbocycles. The van der Waals surface area contributed by atoms with E-state index in [-0.39, 0.29) is 27.9 Å². The van der Waals surface area contributed by atoms with Crippen LogP contribution in [0.15, 0.2) is 39.5 Å². The lowest BCUT2D eigenvalue weighted by atomic mass is 10.1. The van der Waals surface area contributed by atoms with Gasteiger partial charge in [-0.1, -0.05) is 0 Å². The Morgan fingerprint density at radius 1 is 1.11 bits per heavy atom. The number of ether oxygens (including phenoxy) is 1. The smallest absolute Gasteiger partial charge is 0.204 e. The summed E-state index contributed by atoms with van der Waals surface area (Å²) in [6.45, 7) is 0. The van der Waals surface area contributed by atoms with E-state index in [9.17, 15) is 15.0 Å². The predicted octanol–water partition coefficient (Wildman–Crippen LogP) is 2.37. The molecule has 96 valence electrons. The van der Waals surface area contributed by atoms with Gasteiger partial charge in [-0.05, 0) is 18.2 Å². The molecule has 0 aliphatic rings. The molecule has 0 amide bonds. The van der Waals surface area contributed by atoms with Crippen LogP contribution < -0.4 is 10.2 Å². The molecule has 0 aliphatic carbocycles. The zero-order valence-electron chi connectivity index (χ0n) is 10.0. The maximum atomic E-state index is 12.3. The van der Waals surface area contributed by atoms with Crippen molar-refractivity contribution in [3.05, 3.63) is 40.6 Å². The van der Waals surface area contributed by atoms with Gasteiger partial charge in [0, 0.05) is 12.1 Å². The second-order valence-electron chi connectivity index (χ2n) is 4.13. The van der Waals surface area contributed by atoms with E-state index in [1.165, 1.54) is 13.2 Å². The van der Waals surface area contributed by atoms with Crippen LogP contribution in [0.4, 0.5) is 0 Å². The van der Waals surface area contributed by atoms with Crippen molar-refractivity contribution in [3.8, 4) is 17.2 Å². The highest BCUT2D eigenvalue weighted by atomic mass is 16.5. The summed E-state index contributed by atoms with van der Waals surface area (Å²) < 4.78 is 10.6. The first kappa shape index (κ1) is 11.4. The maximum absolute atomic E-state index is 12.3. The molecule has 0 aliphatic heterocycles. The fraction of sp³-hybridized carbons (Fsp3) is 0.0714. The van der Waals surface area contributed by atoms with E-state index >= 15 is 0 Å². The van der Waals surface area contributed by atoms with E-state index in [0.717, 1.165) is 6.07 Å². The molecule has 0 saturated heterocycles. The van der Waals surface area contributed by atoms with Gasteiger partial charge in [-0.2, -0.15) is 0 Å². The Bertz CT molecular complexity index is 848. The van der Waals surface area contributed by atoms with Gasteiger partial charge in [0.15, 0.2) is 0 Å². The number of phenols is 2. The van der Waals surface area contributed by atoms with Crippen LogP contribution in [0.5, 0.6) is 17.2 Å². The van der Waals surface area contributed by atoms with E-state index in [1.807, 2.05) is 0 Å². The fourth-order valence-corrected chi connectivity index (χ4v) is 2.05. The monoisotopic (exact) mass is 258 g/mol. The van der Waals surface area contributed by atoms with E-state index in [1.54, 1.807) is 18.2 Å². The third kappa shape index (κ3) is 1.67. The minimum Gasteiger partial charge on any atom is -0.508 e. The van der Waals surface area contributed by atoms with E-state index in [2.05, 4.69) is 0 Å². The first-order valence-corrected chi connectivity index (χ1v) is 5.56. The van der Waals surface area contributed by atoms with Crippen molar-refractivity contribution in [2.45, 2.75) is 0 Å². The van der Waals surface area contributed by atoms with E-state index in [0.29, 0.717) is 16.7 Å². The van der Waals surface area contributed by atoms with Crippen molar-refractivity contribution >= 4 is 21.9 Å². The first-order valence-electron chi connectivity index (χ1n) is 5.56. The number of methoxy groups -OCH3 is 1. The average molecular weight is 258 g/mol. The Kier molecular flexibility index (Phi) is 2.35. The third-order valence-electron chi connectivity index (χ3n) is 2.94. The summed E-state index contributed by atoms with van der Waals surface area (Å²) in [5.41, 5.74) is 0.135. The maximum Gasteiger partial charge on any atom is 0.204 e. The lowest BCUT2D eigenvalue weighted by Gasteiger charge is -2.05. The van der Waals surface area contributed by atoms with Crippen LogP contribution in [0.3, 0.4) is 0 Å². The SMILES string of the molecule is COc1ccc2oc3cc(O)cc(O)c3c(=O)c2c1. The van der Waals surface area contributed by atoms with Gasteiger partial charge in [-0.3, -0.25) is 4.79 Å². The molecule has 5 nitrogen and oxygen atoms in total. The average Bonchev–Trinajstić information content (AvgIpc) is 2.37. The summed E-state index contributed by atoms with van der Waals surface area (Å²) in [7, 11) is 1.50. The van der Waals surface area contributed by atoms with E-state index in [4.69, 9.17) is 9.15 Å². The van der Waals surface area contributed by atoms with Gasteiger partial charge < -0.3 is 19.4 Å². The van der Waals surface area contributed by atoms with Gasteiger partial charge in [0.2, 0.25) is 5.43 Å². The van der Waals surface area contributed by atoms with Crippen LogP contribution in [-0.2, 0) is 0 Å². The summed E-state index contributed by atoms with van der Waals surface area (Å²) in [6.07, 6.45) is 0. The van der Waals surface area contributed by atoms with Gasteiger partial charge in [0.1, 0.15) is 33.8 Å². The minimum absolute atomic E-state index is 0.0403. The lowest BCUT2D eigenvalue weighted by molar-refractivity contribution is 0.415. The third-order valence-corrected chi connectivity index (χ3v) is 2.94. The molecular formula is C14H10O5. The van der Waals surface area contributed by atoms with Gasteiger partial charge in [0.25, 0.3) is 0 Å². The zero-order valence-corrected chi connectivity index (χ0v) is 10.0. The number of fused-ring (bicyclic) bond motifs is 2. The van der Waals surface area contributed by atoms with Gasteiger partial charge in [-0.15, -0.1) is 0 Å². The highest BCUT2D eigenvalue weighted by Crippen LogP contribution is 2.30. The van der Waals surface area contributed by atoms with Gasteiger partial charge in [-0.25, -0.2) is 0 Å². The molecule has 2 N–H and O–H groups in total. The highest BCUT2D eigenvalue weighted by molar-refractivity contribution is 5.94. The quantitative estimate of drug-likeness (QED) is 0.655. The molecule has 0 unspecified atom stereocenters. The lowest BCUT2D eigenvalue weighted by Crippen LogP contribution is -2.02. The Morgan fingerprint density at radius 2 is 1.89 bits per heavy atom. The van der Waals surface area contributed by atoms with Gasteiger partial charge in [0.05, 0.1) is 12.5 Å². The molecule has 3 rings (SSSR count). The number of aromatic hydroxyl groups is 2. The van der Waals surface area contributed by atoms with Crippen LogP contribution in [0, 0.1) is 0 Å². The molecule has 3 aromatic rings. The number of hydrogen-bond donors (Lipinski definition) is 2. The van der Waals surface area contributed by atoms with Crippen LogP contribution in [0.25, 0.3) is 21.9 Å². The Morgan fingerprint density at radius 3 is 2.63 bits per heavy atom. The van der Waals surface area contributed by atoms with Crippen molar-refractivity contribution in [2.24, 2.45) is 0 Å². The molecule has 5 heteroatoms. The van der Waals surface area contributed by atoms with Crippen LogP contribution >= 0.6 is 0 Å². The number of hydrogen-bond acceptors (Lipinski definition) is 5. The fourth-order valence-electron chi connectivity index (χ4n) is 2.05. The molecule has 0 fully saturated rings. The van der Waals surface area contributed by atoms with Gasteiger partial charge >= 0.3 is 0 Å². The molecule has 19 heavy (non-hydrogen) atoms. The van der Waals surface area contributed by atoms with Crippen LogP contribution in [0.2, 0.25) is 0 Å². The summed E-state index contributed by atoms with van der Waals surface area (Å²) in [4.78, 5) is 12.3. The standard InChI is InChI=1S/C14H10O5/c1-18-8-2-3-11-9(6-8)14(17)13-10(16)4-7(15)5-12(13)19-11/h2-6,15-16H,1H3. The van der Waals surface area contributed by atoms with Crippen LogP contribution in [0.1, 0.15) is 0 Å². The summed E-state index contributed by atoms with van der Waals surface area (Å²) >= 11 is 0. The number of benzene rings is 2. The minimum atomic E-state index is -0.368. The van der Waals surface area contributed by atoms with E-state index < -0.39 is 0 Å². The first-order chi connectivity index (χ1) is 9.10. The second-order valence-corrected chi connectivity index (χ2v) is 4.13. The van der Waals surface area contributed by atoms with Crippen molar-refractivity contribution in [2.75, 3.05) is 7.11 Å². The van der Waals surface area contributed by atoms with Crippen molar-refractivity contribution in [1.82, 2.24) is 0 Å².